The van der Waals surface area contributed by atoms with Crippen LogP contribution in [-0.2, 0) is 9.53 Å². The first kappa shape index (κ1) is 11.4. The molecule has 3 N–H and O–H groups in total. The molecule has 1 aliphatic carbocycles. The van der Waals surface area contributed by atoms with Crippen molar-refractivity contribution in [3.8, 4) is 0 Å². The Labute approximate surface area is 83.8 Å². The van der Waals surface area contributed by atoms with Crippen LogP contribution in [0.15, 0.2) is 0 Å². The van der Waals surface area contributed by atoms with E-state index in [4.69, 9.17) is 10.5 Å². The van der Waals surface area contributed by atoms with Crippen LogP contribution in [-0.4, -0.2) is 54.9 Å². The summed E-state index contributed by atoms with van der Waals surface area (Å²) in [5.41, 5.74) is 5.09. The van der Waals surface area contributed by atoms with Crippen LogP contribution in [0, 0.1) is 0 Å². The summed E-state index contributed by atoms with van der Waals surface area (Å²) in [6.07, 6.45) is 0.851. The molecule has 0 aliphatic heterocycles. The SMILES string of the molecule is COCC(O)CN(C)C(=O)C1(N)CC1. The van der Waals surface area contributed by atoms with Crippen LogP contribution >= 0.6 is 0 Å². The highest BCUT2D eigenvalue weighted by Gasteiger charge is 2.47. The maximum absolute atomic E-state index is 11.6. The van der Waals surface area contributed by atoms with E-state index in [1.54, 1.807) is 7.05 Å². The third-order valence-electron chi connectivity index (χ3n) is 2.40. The lowest BCUT2D eigenvalue weighted by molar-refractivity contribution is -0.134. The number of hydrogen-bond acceptors (Lipinski definition) is 4. The molecule has 1 aliphatic rings. The Balaban J connectivity index is 2.34. The lowest BCUT2D eigenvalue weighted by Crippen LogP contribution is -2.46. The fourth-order valence-corrected chi connectivity index (χ4v) is 1.37. The number of hydrogen-bond donors (Lipinski definition) is 2. The normalized spacial score (nSPS) is 20.3. The first-order chi connectivity index (χ1) is 6.49. The minimum absolute atomic E-state index is 0.0901. The molecule has 0 spiro atoms. The molecule has 5 nitrogen and oxygen atoms in total. The second-order valence-corrected chi connectivity index (χ2v) is 3.95. The van der Waals surface area contributed by atoms with E-state index in [1.807, 2.05) is 0 Å². The Bertz CT molecular complexity index is 216. The van der Waals surface area contributed by atoms with Crippen molar-refractivity contribution in [1.82, 2.24) is 4.90 Å². The molecule has 0 heterocycles. The van der Waals surface area contributed by atoms with E-state index in [0.29, 0.717) is 0 Å². The number of aliphatic hydroxyl groups excluding tert-OH is 1. The van der Waals surface area contributed by atoms with Crippen LogP contribution in [0.2, 0.25) is 0 Å². The number of aliphatic hydroxyl groups is 1. The largest absolute Gasteiger partial charge is 0.389 e. The zero-order chi connectivity index (χ0) is 10.8. The van der Waals surface area contributed by atoms with Gasteiger partial charge in [0, 0.05) is 20.7 Å². The first-order valence-electron chi connectivity index (χ1n) is 4.71. The summed E-state index contributed by atoms with van der Waals surface area (Å²) in [4.78, 5) is 13.1. The fourth-order valence-electron chi connectivity index (χ4n) is 1.37. The number of carbonyl (C=O) groups is 1. The molecule has 5 heteroatoms. The van der Waals surface area contributed by atoms with E-state index in [0.717, 1.165) is 12.8 Å². The van der Waals surface area contributed by atoms with Gasteiger partial charge in [-0.05, 0) is 12.8 Å². The van der Waals surface area contributed by atoms with Crippen molar-refractivity contribution in [1.29, 1.82) is 0 Å². The molecular formula is C9H18N2O3. The molecular weight excluding hydrogens is 184 g/mol. The average Bonchev–Trinajstić information content (AvgIpc) is 2.84. The van der Waals surface area contributed by atoms with Gasteiger partial charge in [0.2, 0.25) is 5.91 Å². The van der Waals surface area contributed by atoms with Crippen LogP contribution < -0.4 is 5.73 Å². The van der Waals surface area contributed by atoms with Crippen molar-refractivity contribution in [2.75, 3.05) is 27.3 Å². The van der Waals surface area contributed by atoms with E-state index in [1.165, 1.54) is 12.0 Å². The molecule has 0 aromatic rings. The van der Waals surface area contributed by atoms with Crippen molar-refractivity contribution in [2.24, 2.45) is 5.73 Å². The van der Waals surface area contributed by atoms with Crippen molar-refractivity contribution in [3.63, 3.8) is 0 Å². The molecule has 1 saturated carbocycles. The third-order valence-corrected chi connectivity index (χ3v) is 2.40. The topological polar surface area (TPSA) is 75.8 Å². The van der Waals surface area contributed by atoms with Gasteiger partial charge in [-0.1, -0.05) is 0 Å². The van der Waals surface area contributed by atoms with Gasteiger partial charge in [0.15, 0.2) is 0 Å². The summed E-state index contributed by atoms with van der Waals surface area (Å²) in [5, 5.41) is 9.39. The number of methoxy groups -OCH3 is 1. The predicted molar refractivity (Wildman–Crippen MR) is 51.7 cm³/mol. The highest BCUT2D eigenvalue weighted by Crippen LogP contribution is 2.33. The van der Waals surface area contributed by atoms with Gasteiger partial charge in [-0.3, -0.25) is 4.79 Å². The Kier molecular flexibility index (Phi) is 3.47. The second kappa shape index (κ2) is 4.25. The van der Waals surface area contributed by atoms with Crippen molar-refractivity contribution >= 4 is 5.91 Å². The van der Waals surface area contributed by atoms with E-state index < -0.39 is 11.6 Å². The maximum Gasteiger partial charge on any atom is 0.242 e. The molecule has 1 rings (SSSR count). The molecule has 0 aromatic carbocycles. The van der Waals surface area contributed by atoms with Gasteiger partial charge in [-0.15, -0.1) is 0 Å². The number of nitrogens with zero attached hydrogens (tertiary/aromatic N) is 1. The lowest BCUT2D eigenvalue weighted by atomic mass is 10.2. The number of rotatable bonds is 5. The highest BCUT2D eigenvalue weighted by atomic mass is 16.5. The quantitative estimate of drug-likeness (QED) is 0.596. The molecule has 1 atom stereocenters. The number of amides is 1. The molecule has 0 saturated heterocycles. The number of carbonyl (C=O) groups excluding carboxylic acids is 1. The van der Waals surface area contributed by atoms with Gasteiger partial charge in [0.1, 0.15) is 0 Å². The van der Waals surface area contributed by atoms with E-state index in [2.05, 4.69) is 0 Å². The first-order valence-corrected chi connectivity index (χ1v) is 4.71. The Morgan fingerprint density at radius 1 is 1.71 bits per heavy atom. The van der Waals surface area contributed by atoms with Crippen molar-refractivity contribution < 1.29 is 14.6 Å². The second-order valence-electron chi connectivity index (χ2n) is 3.95. The summed E-state index contributed by atoms with van der Waals surface area (Å²) in [5.74, 6) is -0.0901. The van der Waals surface area contributed by atoms with Gasteiger partial charge in [-0.2, -0.15) is 0 Å². The maximum atomic E-state index is 11.6. The zero-order valence-electron chi connectivity index (χ0n) is 8.69. The van der Waals surface area contributed by atoms with Crippen molar-refractivity contribution in [2.45, 2.75) is 24.5 Å². The van der Waals surface area contributed by atoms with Crippen molar-refractivity contribution in [3.05, 3.63) is 0 Å². The molecule has 14 heavy (non-hydrogen) atoms. The van der Waals surface area contributed by atoms with Gasteiger partial charge in [-0.25, -0.2) is 0 Å². The van der Waals surface area contributed by atoms with Crippen LogP contribution in [0.25, 0.3) is 0 Å². The van der Waals surface area contributed by atoms with Crippen LogP contribution in [0.4, 0.5) is 0 Å². The number of ether oxygens (including phenoxy) is 1. The third kappa shape index (κ3) is 2.67. The Hall–Kier alpha value is -0.650. The van der Waals surface area contributed by atoms with Gasteiger partial charge < -0.3 is 20.5 Å². The molecule has 1 amide bonds. The molecule has 82 valence electrons. The molecule has 0 bridgehead atoms. The average molecular weight is 202 g/mol. The summed E-state index contributed by atoms with van der Waals surface area (Å²) < 4.78 is 4.77. The van der Waals surface area contributed by atoms with Crippen LogP contribution in [0.1, 0.15) is 12.8 Å². The van der Waals surface area contributed by atoms with Gasteiger partial charge in [0.05, 0.1) is 18.2 Å². The minimum atomic E-state index is -0.651. The predicted octanol–water partition coefficient (Wildman–Crippen LogP) is -1.06. The van der Waals surface area contributed by atoms with E-state index in [9.17, 15) is 9.90 Å². The van der Waals surface area contributed by atoms with Gasteiger partial charge in [0.25, 0.3) is 0 Å². The number of likely N-dealkylation sites (N-methyl/N-ethyl adjacent to an activating group) is 1. The van der Waals surface area contributed by atoms with Crippen LogP contribution in [0.5, 0.6) is 0 Å². The molecule has 0 aromatic heterocycles. The monoisotopic (exact) mass is 202 g/mol. The Morgan fingerprint density at radius 2 is 2.29 bits per heavy atom. The summed E-state index contributed by atoms with van der Waals surface area (Å²) >= 11 is 0. The standard InChI is InChI=1S/C9H18N2O3/c1-11(5-7(12)6-14-2)8(13)9(10)3-4-9/h7,12H,3-6,10H2,1-2H3. The van der Waals surface area contributed by atoms with E-state index >= 15 is 0 Å². The summed E-state index contributed by atoms with van der Waals surface area (Å²) in [7, 11) is 3.16. The lowest BCUT2D eigenvalue weighted by Gasteiger charge is -2.23. The Morgan fingerprint density at radius 3 is 2.71 bits per heavy atom. The molecule has 1 unspecified atom stereocenters. The zero-order valence-corrected chi connectivity index (χ0v) is 8.69. The smallest absolute Gasteiger partial charge is 0.242 e. The van der Waals surface area contributed by atoms with Gasteiger partial charge >= 0.3 is 0 Å². The highest BCUT2D eigenvalue weighted by molar-refractivity contribution is 5.88. The minimum Gasteiger partial charge on any atom is -0.389 e. The number of nitrogens with two attached hydrogens (primary N) is 1. The molecule has 0 radical (unpaired) electrons. The van der Waals surface area contributed by atoms with E-state index in [-0.39, 0.29) is 19.1 Å². The summed E-state index contributed by atoms with van der Waals surface area (Å²) in [6, 6.07) is 0. The molecule has 1 fully saturated rings. The fraction of sp³-hybridized carbons (Fsp3) is 0.889. The summed E-state index contributed by atoms with van der Waals surface area (Å²) in [6.45, 7) is 0.501. The van der Waals surface area contributed by atoms with Crippen LogP contribution in [0.3, 0.4) is 0 Å².